The summed E-state index contributed by atoms with van der Waals surface area (Å²) in [5, 5.41) is 12.5. The summed E-state index contributed by atoms with van der Waals surface area (Å²) in [6.45, 7) is 0.459. The molecule has 0 saturated carbocycles. The molecule has 0 aliphatic heterocycles. The van der Waals surface area contributed by atoms with Gasteiger partial charge in [0.25, 0.3) is 5.91 Å². The van der Waals surface area contributed by atoms with Crippen molar-refractivity contribution in [1.29, 1.82) is 5.26 Å². The van der Waals surface area contributed by atoms with Gasteiger partial charge in [0, 0.05) is 0 Å². The Hall–Kier alpha value is -3.26. The summed E-state index contributed by atoms with van der Waals surface area (Å²) >= 11 is 12.1. The number of carbonyl (C=O) groups is 1. The van der Waals surface area contributed by atoms with Crippen LogP contribution in [0, 0.1) is 11.3 Å². The Morgan fingerprint density at radius 3 is 2.24 bits per heavy atom. The van der Waals surface area contributed by atoms with E-state index in [0.29, 0.717) is 28.0 Å². The minimum Gasteiger partial charge on any atom is -0.489 e. The average molecular weight is 423 g/mol. The van der Waals surface area contributed by atoms with Crippen molar-refractivity contribution < 1.29 is 9.53 Å². The summed E-state index contributed by atoms with van der Waals surface area (Å²) in [5.74, 6) is 0.101. The molecule has 144 valence electrons. The van der Waals surface area contributed by atoms with Crippen LogP contribution in [0.2, 0.25) is 10.0 Å². The number of hydrogen-bond acceptors (Lipinski definition) is 3. The molecule has 0 heterocycles. The Kier molecular flexibility index (Phi) is 6.91. The van der Waals surface area contributed by atoms with Gasteiger partial charge in [-0.05, 0) is 41.5 Å². The van der Waals surface area contributed by atoms with Crippen molar-refractivity contribution in [3.63, 3.8) is 0 Å². The van der Waals surface area contributed by atoms with E-state index in [1.165, 1.54) is 6.08 Å². The van der Waals surface area contributed by atoms with Gasteiger partial charge in [-0.15, -0.1) is 0 Å². The van der Waals surface area contributed by atoms with Crippen LogP contribution in [0.25, 0.3) is 6.08 Å². The van der Waals surface area contributed by atoms with Crippen LogP contribution < -0.4 is 10.1 Å². The SMILES string of the molecule is N#C/C(=C\c1ccc(OCc2ccccc2)cc1)C(=O)Nc1c(Cl)cccc1Cl. The van der Waals surface area contributed by atoms with Crippen molar-refractivity contribution in [2.24, 2.45) is 0 Å². The maximum absolute atomic E-state index is 12.4. The Bertz CT molecular complexity index is 1050. The lowest BCUT2D eigenvalue weighted by atomic mass is 10.1. The van der Waals surface area contributed by atoms with Gasteiger partial charge in [-0.25, -0.2) is 0 Å². The number of rotatable bonds is 6. The molecule has 0 bridgehead atoms. The Labute approximate surface area is 179 Å². The molecule has 0 unspecified atom stereocenters. The van der Waals surface area contributed by atoms with E-state index in [1.807, 2.05) is 36.4 Å². The van der Waals surface area contributed by atoms with Gasteiger partial charge in [0.15, 0.2) is 0 Å². The highest BCUT2D eigenvalue weighted by molar-refractivity contribution is 6.40. The van der Waals surface area contributed by atoms with Gasteiger partial charge in [-0.1, -0.05) is 71.7 Å². The summed E-state index contributed by atoms with van der Waals surface area (Å²) in [7, 11) is 0. The van der Waals surface area contributed by atoms with Gasteiger partial charge in [-0.2, -0.15) is 5.26 Å². The first kappa shape index (κ1) is 20.5. The largest absolute Gasteiger partial charge is 0.489 e. The van der Waals surface area contributed by atoms with Gasteiger partial charge in [0.05, 0.1) is 15.7 Å². The van der Waals surface area contributed by atoms with Crippen LogP contribution in [0.15, 0.2) is 78.4 Å². The van der Waals surface area contributed by atoms with E-state index in [4.69, 9.17) is 27.9 Å². The van der Waals surface area contributed by atoms with Crippen LogP contribution in [0.1, 0.15) is 11.1 Å². The smallest absolute Gasteiger partial charge is 0.266 e. The first-order valence-corrected chi connectivity index (χ1v) is 9.46. The predicted molar refractivity (Wildman–Crippen MR) is 116 cm³/mol. The maximum Gasteiger partial charge on any atom is 0.266 e. The molecule has 4 nitrogen and oxygen atoms in total. The van der Waals surface area contributed by atoms with Crippen molar-refractivity contribution in [3.8, 4) is 11.8 Å². The molecular formula is C23H16Cl2N2O2. The molecule has 0 aliphatic rings. The molecule has 1 N–H and O–H groups in total. The topological polar surface area (TPSA) is 62.1 Å². The zero-order chi connectivity index (χ0) is 20.6. The van der Waals surface area contributed by atoms with E-state index in [0.717, 1.165) is 5.56 Å². The van der Waals surface area contributed by atoms with E-state index in [1.54, 1.807) is 42.5 Å². The number of ether oxygens (including phenoxy) is 1. The van der Waals surface area contributed by atoms with E-state index in [-0.39, 0.29) is 11.3 Å². The lowest BCUT2D eigenvalue weighted by Crippen LogP contribution is -2.14. The van der Waals surface area contributed by atoms with Gasteiger partial charge >= 0.3 is 0 Å². The fourth-order valence-corrected chi connectivity index (χ4v) is 3.01. The quantitative estimate of drug-likeness (QED) is 0.384. The van der Waals surface area contributed by atoms with Crippen LogP contribution in [-0.2, 0) is 11.4 Å². The number of benzene rings is 3. The number of amides is 1. The van der Waals surface area contributed by atoms with Gasteiger partial charge in [0.1, 0.15) is 24.0 Å². The summed E-state index contributed by atoms with van der Waals surface area (Å²) < 4.78 is 5.74. The second kappa shape index (κ2) is 9.79. The normalized spacial score (nSPS) is 10.9. The van der Waals surface area contributed by atoms with Crippen LogP contribution in [0.5, 0.6) is 5.75 Å². The minimum absolute atomic E-state index is 0.0704. The summed E-state index contributed by atoms with van der Waals surface area (Å²) in [4.78, 5) is 12.4. The number of nitrogens with one attached hydrogen (secondary N) is 1. The molecule has 0 atom stereocenters. The second-order valence-electron chi connectivity index (χ2n) is 6.06. The second-order valence-corrected chi connectivity index (χ2v) is 6.88. The first-order chi connectivity index (χ1) is 14.1. The van der Waals surface area contributed by atoms with Crippen molar-refractivity contribution in [2.45, 2.75) is 6.61 Å². The zero-order valence-corrected chi connectivity index (χ0v) is 16.7. The third kappa shape index (κ3) is 5.61. The lowest BCUT2D eigenvalue weighted by Gasteiger charge is -2.09. The van der Waals surface area contributed by atoms with E-state index in [9.17, 15) is 10.1 Å². The van der Waals surface area contributed by atoms with Crippen LogP contribution in [0.4, 0.5) is 5.69 Å². The molecule has 0 aromatic heterocycles. The molecule has 0 fully saturated rings. The number of anilines is 1. The molecule has 6 heteroatoms. The highest BCUT2D eigenvalue weighted by Crippen LogP contribution is 2.30. The van der Waals surface area contributed by atoms with Crippen molar-refractivity contribution >= 4 is 40.9 Å². The number of para-hydroxylation sites is 1. The number of carbonyl (C=O) groups excluding carboxylic acids is 1. The fourth-order valence-electron chi connectivity index (χ4n) is 2.51. The Balaban J connectivity index is 1.68. The van der Waals surface area contributed by atoms with Crippen molar-refractivity contribution in [3.05, 3.63) is 99.5 Å². The van der Waals surface area contributed by atoms with E-state index >= 15 is 0 Å². The Morgan fingerprint density at radius 1 is 0.966 bits per heavy atom. The molecular weight excluding hydrogens is 407 g/mol. The van der Waals surface area contributed by atoms with Crippen molar-refractivity contribution in [1.82, 2.24) is 0 Å². The highest BCUT2D eigenvalue weighted by atomic mass is 35.5. The molecule has 0 radical (unpaired) electrons. The minimum atomic E-state index is -0.591. The van der Waals surface area contributed by atoms with Crippen LogP contribution >= 0.6 is 23.2 Å². The number of hydrogen-bond donors (Lipinski definition) is 1. The van der Waals surface area contributed by atoms with Crippen LogP contribution in [-0.4, -0.2) is 5.91 Å². The summed E-state index contributed by atoms with van der Waals surface area (Å²) in [6.07, 6.45) is 1.49. The molecule has 0 aliphatic carbocycles. The Morgan fingerprint density at radius 2 is 1.62 bits per heavy atom. The van der Waals surface area contributed by atoms with Gasteiger partial charge in [0.2, 0.25) is 0 Å². The highest BCUT2D eigenvalue weighted by Gasteiger charge is 2.13. The molecule has 0 saturated heterocycles. The third-order valence-corrected chi connectivity index (χ3v) is 4.64. The van der Waals surface area contributed by atoms with Gasteiger partial charge < -0.3 is 10.1 Å². The van der Waals surface area contributed by atoms with Crippen molar-refractivity contribution in [2.75, 3.05) is 5.32 Å². The van der Waals surface area contributed by atoms with E-state index < -0.39 is 5.91 Å². The monoisotopic (exact) mass is 422 g/mol. The lowest BCUT2D eigenvalue weighted by molar-refractivity contribution is -0.112. The fraction of sp³-hybridized carbons (Fsp3) is 0.0435. The predicted octanol–water partition coefficient (Wildman–Crippen LogP) is 6.12. The molecule has 1 amide bonds. The number of halogens is 2. The summed E-state index contributed by atoms with van der Waals surface area (Å²) in [5.41, 5.74) is 1.96. The average Bonchev–Trinajstić information content (AvgIpc) is 2.74. The molecule has 3 rings (SSSR count). The summed E-state index contributed by atoms with van der Waals surface area (Å²) in [6, 6.07) is 23.7. The van der Waals surface area contributed by atoms with E-state index in [2.05, 4.69) is 5.32 Å². The van der Waals surface area contributed by atoms with Gasteiger partial charge in [-0.3, -0.25) is 4.79 Å². The standard InChI is InChI=1S/C23H16Cl2N2O2/c24-20-7-4-8-21(25)22(20)27-23(28)18(14-26)13-16-9-11-19(12-10-16)29-15-17-5-2-1-3-6-17/h1-13H,15H2,(H,27,28)/b18-13+. The molecule has 3 aromatic rings. The zero-order valence-electron chi connectivity index (χ0n) is 15.2. The molecule has 3 aromatic carbocycles. The van der Waals surface area contributed by atoms with Crippen LogP contribution in [0.3, 0.4) is 0 Å². The molecule has 29 heavy (non-hydrogen) atoms. The maximum atomic E-state index is 12.4. The number of nitrogens with zero attached hydrogens (tertiary/aromatic N) is 1. The third-order valence-electron chi connectivity index (χ3n) is 4.01. The molecule has 0 spiro atoms. The first-order valence-electron chi connectivity index (χ1n) is 8.71. The number of nitriles is 1.